The molecule has 0 saturated carbocycles. The molecule has 0 atom stereocenters. The Morgan fingerprint density at radius 2 is 1.72 bits per heavy atom. The van der Waals surface area contributed by atoms with E-state index in [-0.39, 0.29) is 23.6 Å². The maximum absolute atomic E-state index is 12.0. The fraction of sp³-hybridized carbons (Fsp3) is 0.118. The number of rotatable bonds is 5. The number of anilines is 1. The largest absolute Gasteiger partial charge is 0.507 e. The molecule has 2 rings (SSSR count). The van der Waals surface area contributed by atoms with Crippen LogP contribution in [0.25, 0.3) is 0 Å². The fourth-order valence-electron chi connectivity index (χ4n) is 1.91. The first-order chi connectivity index (χ1) is 11.8. The van der Waals surface area contributed by atoms with Gasteiger partial charge in [0.1, 0.15) is 5.75 Å². The summed E-state index contributed by atoms with van der Waals surface area (Å²) in [6, 6.07) is 10.8. The lowest BCUT2D eigenvalue weighted by molar-refractivity contribution is -0.115. The zero-order chi connectivity index (χ0) is 18.4. The number of carbonyl (C=O) groups excluding carboxylic acids is 2. The highest BCUT2D eigenvalue weighted by Gasteiger charge is 2.11. The number of phenolic OH excluding ortho intramolecular Hbond substituents is 1. The molecule has 0 aromatic heterocycles. The van der Waals surface area contributed by atoms with Gasteiger partial charge in [-0.2, -0.15) is 5.10 Å². The molecule has 0 radical (unpaired) electrons. The van der Waals surface area contributed by atoms with Crippen molar-refractivity contribution >= 4 is 46.4 Å². The van der Waals surface area contributed by atoms with Gasteiger partial charge < -0.3 is 10.4 Å². The fourth-order valence-corrected chi connectivity index (χ4v) is 2.20. The lowest BCUT2D eigenvalue weighted by atomic mass is 10.2. The molecular formula is C17H15Cl2N3O3. The summed E-state index contributed by atoms with van der Waals surface area (Å²) in [7, 11) is 0. The maximum atomic E-state index is 12.0. The topological polar surface area (TPSA) is 90.8 Å². The van der Waals surface area contributed by atoms with Gasteiger partial charge in [0, 0.05) is 21.4 Å². The van der Waals surface area contributed by atoms with E-state index in [1.807, 2.05) is 0 Å². The van der Waals surface area contributed by atoms with Crippen molar-refractivity contribution < 1.29 is 14.7 Å². The molecule has 2 aromatic rings. The molecule has 0 unspecified atom stereocenters. The van der Waals surface area contributed by atoms with Gasteiger partial charge in [-0.1, -0.05) is 23.2 Å². The summed E-state index contributed by atoms with van der Waals surface area (Å²) in [5.41, 5.74) is 3.27. The molecule has 3 N–H and O–H groups in total. The number of nitrogens with one attached hydrogen (secondary N) is 2. The highest BCUT2D eigenvalue weighted by Crippen LogP contribution is 2.21. The van der Waals surface area contributed by atoms with Crippen LogP contribution in [0.1, 0.15) is 23.7 Å². The predicted molar refractivity (Wildman–Crippen MR) is 98.4 cm³/mol. The minimum absolute atomic E-state index is 0.00494. The predicted octanol–water partition coefficient (Wildman–Crippen LogP) is 3.83. The van der Waals surface area contributed by atoms with E-state index in [1.165, 1.54) is 18.2 Å². The Bertz CT molecular complexity index is 820. The third kappa shape index (κ3) is 5.77. The molecule has 0 saturated heterocycles. The molecule has 2 amide bonds. The van der Waals surface area contributed by atoms with Crippen molar-refractivity contribution in [3.63, 3.8) is 0 Å². The van der Waals surface area contributed by atoms with Crippen molar-refractivity contribution in [3.8, 4) is 5.75 Å². The quantitative estimate of drug-likeness (QED) is 0.544. The number of halogens is 2. The second kappa shape index (κ2) is 8.50. The molecule has 6 nitrogen and oxygen atoms in total. The second-order valence-corrected chi connectivity index (χ2v) is 6.05. The first kappa shape index (κ1) is 18.8. The molecule has 0 aliphatic carbocycles. The second-order valence-electron chi connectivity index (χ2n) is 5.18. The highest BCUT2D eigenvalue weighted by atomic mass is 35.5. The van der Waals surface area contributed by atoms with E-state index in [1.54, 1.807) is 31.2 Å². The summed E-state index contributed by atoms with van der Waals surface area (Å²) in [5, 5.41) is 17.1. The Kier molecular flexibility index (Phi) is 6.38. The summed E-state index contributed by atoms with van der Waals surface area (Å²) in [6.45, 7) is 1.60. The lowest BCUT2D eigenvalue weighted by Crippen LogP contribution is -2.21. The summed E-state index contributed by atoms with van der Waals surface area (Å²) in [5.74, 6) is -1.13. The van der Waals surface area contributed by atoms with Crippen molar-refractivity contribution in [2.24, 2.45) is 5.10 Å². The van der Waals surface area contributed by atoms with E-state index in [0.29, 0.717) is 21.4 Å². The van der Waals surface area contributed by atoms with Crippen molar-refractivity contribution in [3.05, 3.63) is 58.1 Å². The SMILES string of the molecule is C/C(CC(=O)Nc1ccc(Cl)cc1)=N/NC(=O)c1cc(Cl)ccc1O. The lowest BCUT2D eigenvalue weighted by Gasteiger charge is -2.06. The van der Waals surface area contributed by atoms with E-state index in [0.717, 1.165) is 0 Å². The van der Waals surface area contributed by atoms with E-state index in [9.17, 15) is 14.7 Å². The molecular weight excluding hydrogens is 365 g/mol. The van der Waals surface area contributed by atoms with Crippen molar-refractivity contribution in [2.75, 3.05) is 5.32 Å². The van der Waals surface area contributed by atoms with Crippen molar-refractivity contribution in [1.29, 1.82) is 0 Å². The molecule has 2 aromatic carbocycles. The normalized spacial score (nSPS) is 11.1. The molecule has 0 heterocycles. The summed E-state index contributed by atoms with van der Waals surface area (Å²) in [6.07, 6.45) is -0.00949. The first-order valence-electron chi connectivity index (χ1n) is 7.22. The Morgan fingerprint density at radius 1 is 1.08 bits per heavy atom. The van der Waals surface area contributed by atoms with E-state index >= 15 is 0 Å². The van der Waals surface area contributed by atoms with Gasteiger partial charge in [0.2, 0.25) is 5.91 Å². The van der Waals surface area contributed by atoms with E-state index < -0.39 is 5.91 Å². The molecule has 0 fully saturated rings. The van der Waals surface area contributed by atoms with Crippen molar-refractivity contribution in [1.82, 2.24) is 5.43 Å². The molecule has 0 aliphatic heterocycles. The number of benzene rings is 2. The van der Waals surface area contributed by atoms with Crippen LogP contribution in [0, 0.1) is 0 Å². The average Bonchev–Trinajstić information content (AvgIpc) is 2.57. The molecule has 0 spiro atoms. The van der Waals surface area contributed by atoms with Crippen LogP contribution in [0.3, 0.4) is 0 Å². The van der Waals surface area contributed by atoms with Crippen LogP contribution in [0.15, 0.2) is 47.6 Å². The third-order valence-corrected chi connectivity index (χ3v) is 3.58. The minimum atomic E-state index is -0.627. The van der Waals surface area contributed by atoms with Gasteiger partial charge in [0.05, 0.1) is 12.0 Å². The zero-order valence-corrected chi connectivity index (χ0v) is 14.7. The maximum Gasteiger partial charge on any atom is 0.275 e. The zero-order valence-electron chi connectivity index (χ0n) is 13.2. The van der Waals surface area contributed by atoms with Gasteiger partial charge in [-0.15, -0.1) is 0 Å². The van der Waals surface area contributed by atoms with Gasteiger partial charge in [0.25, 0.3) is 5.91 Å². The molecule has 0 bridgehead atoms. The summed E-state index contributed by atoms with van der Waals surface area (Å²) < 4.78 is 0. The number of phenols is 1. The Labute approximate surface area is 154 Å². The number of hydrogen-bond donors (Lipinski definition) is 3. The van der Waals surface area contributed by atoms with Gasteiger partial charge >= 0.3 is 0 Å². The van der Waals surface area contributed by atoms with Gasteiger partial charge in [-0.05, 0) is 49.4 Å². The minimum Gasteiger partial charge on any atom is -0.507 e. The Balaban J connectivity index is 1.92. The van der Waals surface area contributed by atoms with Crippen LogP contribution in [0.5, 0.6) is 5.75 Å². The van der Waals surface area contributed by atoms with Crippen LogP contribution >= 0.6 is 23.2 Å². The van der Waals surface area contributed by atoms with Gasteiger partial charge in [0.15, 0.2) is 0 Å². The molecule has 25 heavy (non-hydrogen) atoms. The first-order valence-corrected chi connectivity index (χ1v) is 7.98. The number of nitrogens with zero attached hydrogens (tertiary/aromatic N) is 1. The molecule has 0 aliphatic rings. The average molecular weight is 380 g/mol. The van der Waals surface area contributed by atoms with Crippen molar-refractivity contribution in [2.45, 2.75) is 13.3 Å². The summed E-state index contributed by atoms with van der Waals surface area (Å²) in [4.78, 5) is 23.9. The van der Waals surface area contributed by atoms with Crippen LogP contribution < -0.4 is 10.7 Å². The van der Waals surface area contributed by atoms with Crippen LogP contribution in [-0.4, -0.2) is 22.6 Å². The van der Waals surface area contributed by atoms with Crippen LogP contribution in [0.2, 0.25) is 10.0 Å². The van der Waals surface area contributed by atoms with E-state index in [2.05, 4.69) is 15.8 Å². The molecule has 130 valence electrons. The number of carbonyl (C=O) groups is 2. The van der Waals surface area contributed by atoms with Gasteiger partial charge in [-0.25, -0.2) is 5.43 Å². The Hall–Kier alpha value is -2.57. The number of amides is 2. The van der Waals surface area contributed by atoms with Crippen LogP contribution in [0.4, 0.5) is 5.69 Å². The molecule has 8 heteroatoms. The number of hydrazone groups is 1. The standard InChI is InChI=1S/C17H15Cl2N3O3/c1-10(8-16(24)20-13-5-2-11(18)3-6-13)21-22-17(25)14-9-12(19)4-7-15(14)23/h2-7,9,23H,8H2,1H3,(H,20,24)(H,22,25)/b21-10-. The van der Waals surface area contributed by atoms with Crippen LogP contribution in [-0.2, 0) is 4.79 Å². The van der Waals surface area contributed by atoms with E-state index in [4.69, 9.17) is 23.2 Å². The number of hydrogen-bond acceptors (Lipinski definition) is 4. The smallest absolute Gasteiger partial charge is 0.275 e. The Morgan fingerprint density at radius 3 is 2.40 bits per heavy atom. The van der Waals surface area contributed by atoms with Gasteiger partial charge in [-0.3, -0.25) is 9.59 Å². The number of aromatic hydroxyl groups is 1. The summed E-state index contributed by atoms with van der Waals surface area (Å²) >= 11 is 11.6. The third-order valence-electron chi connectivity index (χ3n) is 3.10. The highest BCUT2D eigenvalue weighted by molar-refractivity contribution is 6.31. The monoisotopic (exact) mass is 379 g/mol.